The summed E-state index contributed by atoms with van der Waals surface area (Å²) in [5, 5.41) is 11.3. The molecule has 0 aliphatic carbocycles. The molecule has 0 aromatic heterocycles. The molecule has 3 aromatic carbocycles. The van der Waals surface area contributed by atoms with Gasteiger partial charge in [0.05, 0.1) is 26.1 Å². The second kappa shape index (κ2) is 8.02. The van der Waals surface area contributed by atoms with Crippen LogP contribution in [0.25, 0.3) is 0 Å². The fourth-order valence-electron chi connectivity index (χ4n) is 2.63. The molecule has 0 unspecified atom stereocenters. The van der Waals surface area contributed by atoms with Crippen molar-refractivity contribution in [1.82, 2.24) is 0 Å². The topological polar surface area (TPSA) is 106 Å². The monoisotopic (exact) mass is 430 g/mol. The molecule has 0 aliphatic rings. The van der Waals surface area contributed by atoms with E-state index in [-0.39, 0.29) is 32.4 Å². The van der Waals surface area contributed by atoms with Crippen molar-refractivity contribution < 1.29 is 18.1 Å². The highest BCUT2D eigenvalue weighted by Crippen LogP contribution is 2.29. The van der Waals surface area contributed by atoms with Gasteiger partial charge < -0.3 is 0 Å². The molecule has 0 atom stereocenters. The number of nitrogens with zero attached hydrogens (tertiary/aromatic N) is 1. The molecule has 0 bridgehead atoms. The van der Waals surface area contributed by atoms with Crippen molar-refractivity contribution in [2.24, 2.45) is 0 Å². The van der Waals surface area contributed by atoms with Crippen molar-refractivity contribution >= 4 is 38.8 Å². The normalized spacial score (nSPS) is 11.1. The highest BCUT2D eigenvalue weighted by molar-refractivity contribution is 7.92. The second-order valence-corrected chi connectivity index (χ2v) is 8.30. The molecule has 3 aromatic rings. The number of nitro groups is 1. The van der Waals surface area contributed by atoms with Gasteiger partial charge >= 0.3 is 0 Å². The van der Waals surface area contributed by atoms with Crippen LogP contribution in [0.4, 0.5) is 11.4 Å². The first-order chi connectivity index (χ1) is 13.7. The molecule has 29 heavy (non-hydrogen) atoms. The van der Waals surface area contributed by atoms with E-state index in [0.29, 0.717) is 0 Å². The molecule has 3 rings (SSSR count). The number of carbonyl (C=O) groups excluding carboxylic acids is 1. The van der Waals surface area contributed by atoms with Crippen LogP contribution in [0.2, 0.25) is 5.02 Å². The number of nitro benzene ring substituents is 1. The lowest BCUT2D eigenvalue weighted by Crippen LogP contribution is -2.16. The molecule has 0 saturated carbocycles. The Labute approximate surface area is 172 Å². The SMILES string of the molecule is Cc1ccc(S(=O)(=O)Nc2ccc([N+](=O)[O-])cc2C(=O)c2ccccc2Cl)cc1. The first-order valence-electron chi connectivity index (χ1n) is 8.36. The van der Waals surface area contributed by atoms with Gasteiger partial charge in [0.15, 0.2) is 5.78 Å². The Morgan fingerprint density at radius 3 is 2.28 bits per heavy atom. The Kier molecular flexibility index (Phi) is 5.67. The van der Waals surface area contributed by atoms with Crippen LogP contribution in [-0.4, -0.2) is 19.1 Å². The summed E-state index contributed by atoms with van der Waals surface area (Å²) in [6.45, 7) is 1.82. The maximum atomic E-state index is 13.0. The molecule has 0 saturated heterocycles. The largest absolute Gasteiger partial charge is 0.288 e. The average molecular weight is 431 g/mol. The number of rotatable bonds is 6. The average Bonchev–Trinajstić information content (AvgIpc) is 2.68. The minimum absolute atomic E-state index is 0.00223. The van der Waals surface area contributed by atoms with E-state index in [4.69, 9.17) is 11.6 Å². The third-order valence-corrected chi connectivity index (χ3v) is 5.86. The molecule has 0 aliphatic heterocycles. The van der Waals surface area contributed by atoms with Crippen LogP contribution in [0.3, 0.4) is 0 Å². The van der Waals surface area contributed by atoms with Crippen LogP contribution in [-0.2, 0) is 10.0 Å². The van der Waals surface area contributed by atoms with Gasteiger partial charge in [-0.1, -0.05) is 41.4 Å². The van der Waals surface area contributed by atoms with Crippen molar-refractivity contribution in [3.63, 3.8) is 0 Å². The summed E-state index contributed by atoms with van der Waals surface area (Å²) in [5.41, 5.74) is 0.377. The number of nitrogens with one attached hydrogen (secondary N) is 1. The van der Waals surface area contributed by atoms with E-state index in [1.165, 1.54) is 30.3 Å². The molecule has 1 N–H and O–H groups in total. The number of aryl methyl sites for hydroxylation is 1. The van der Waals surface area contributed by atoms with E-state index >= 15 is 0 Å². The van der Waals surface area contributed by atoms with Crippen LogP contribution in [0, 0.1) is 17.0 Å². The molecular formula is C20H15ClN2O5S. The molecule has 148 valence electrons. The van der Waals surface area contributed by atoms with E-state index < -0.39 is 20.7 Å². The van der Waals surface area contributed by atoms with Gasteiger partial charge in [-0.15, -0.1) is 0 Å². The lowest BCUT2D eigenvalue weighted by Gasteiger charge is -2.13. The summed E-state index contributed by atoms with van der Waals surface area (Å²) >= 11 is 6.07. The van der Waals surface area contributed by atoms with E-state index in [9.17, 15) is 23.3 Å². The van der Waals surface area contributed by atoms with Gasteiger partial charge in [0, 0.05) is 17.7 Å². The fourth-order valence-corrected chi connectivity index (χ4v) is 3.94. The van der Waals surface area contributed by atoms with Gasteiger partial charge in [-0.05, 0) is 37.3 Å². The molecule has 0 heterocycles. The van der Waals surface area contributed by atoms with Crippen molar-refractivity contribution in [2.45, 2.75) is 11.8 Å². The molecule has 0 amide bonds. The van der Waals surface area contributed by atoms with Gasteiger partial charge in [-0.25, -0.2) is 8.42 Å². The minimum Gasteiger partial charge on any atom is -0.288 e. The maximum Gasteiger partial charge on any atom is 0.270 e. The van der Waals surface area contributed by atoms with Crippen molar-refractivity contribution in [3.05, 3.63) is 98.6 Å². The molecule has 0 spiro atoms. The summed E-state index contributed by atoms with van der Waals surface area (Å²) in [4.78, 5) is 23.5. The number of anilines is 1. The number of non-ortho nitro benzene ring substituents is 1. The number of carbonyl (C=O) groups is 1. The van der Waals surface area contributed by atoms with Crippen molar-refractivity contribution in [3.8, 4) is 0 Å². The van der Waals surface area contributed by atoms with E-state index in [1.54, 1.807) is 24.3 Å². The number of benzene rings is 3. The third-order valence-electron chi connectivity index (χ3n) is 4.15. The van der Waals surface area contributed by atoms with Gasteiger partial charge in [-0.3, -0.25) is 19.6 Å². The summed E-state index contributed by atoms with van der Waals surface area (Å²) in [7, 11) is -4.02. The minimum atomic E-state index is -4.02. The van der Waals surface area contributed by atoms with Crippen molar-refractivity contribution in [1.29, 1.82) is 0 Å². The molecule has 7 nitrogen and oxygen atoms in total. The van der Waals surface area contributed by atoms with Gasteiger partial charge in [0.25, 0.3) is 15.7 Å². The van der Waals surface area contributed by atoms with Gasteiger partial charge in [0.2, 0.25) is 0 Å². The zero-order chi connectivity index (χ0) is 21.2. The first-order valence-corrected chi connectivity index (χ1v) is 10.2. The Morgan fingerprint density at radius 2 is 1.66 bits per heavy atom. The van der Waals surface area contributed by atoms with E-state index in [2.05, 4.69) is 4.72 Å². The highest BCUT2D eigenvalue weighted by Gasteiger charge is 2.23. The number of halogens is 1. The number of hydrogen-bond donors (Lipinski definition) is 1. The predicted octanol–water partition coefficient (Wildman–Crippen LogP) is 4.59. The zero-order valence-electron chi connectivity index (χ0n) is 15.1. The van der Waals surface area contributed by atoms with E-state index in [1.807, 2.05) is 6.92 Å². The van der Waals surface area contributed by atoms with Gasteiger partial charge in [-0.2, -0.15) is 0 Å². The number of sulfonamides is 1. The standard InChI is InChI=1S/C20H15ClN2O5S/c1-13-6-9-15(10-7-13)29(27,28)22-19-11-8-14(23(25)26)12-17(19)20(24)16-4-2-3-5-18(16)21/h2-12,22H,1H3. The Morgan fingerprint density at radius 1 is 1.00 bits per heavy atom. The van der Waals surface area contributed by atoms with Crippen LogP contribution >= 0.6 is 11.6 Å². The molecule has 9 heteroatoms. The maximum absolute atomic E-state index is 13.0. The molecule has 0 fully saturated rings. The second-order valence-electron chi connectivity index (χ2n) is 6.21. The van der Waals surface area contributed by atoms with Crippen LogP contribution in [0.5, 0.6) is 0 Å². The summed E-state index contributed by atoms with van der Waals surface area (Å²) < 4.78 is 27.8. The zero-order valence-corrected chi connectivity index (χ0v) is 16.7. The fraction of sp³-hybridized carbons (Fsp3) is 0.0500. The Balaban J connectivity index is 2.09. The molecule has 0 radical (unpaired) electrons. The van der Waals surface area contributed by atoms with Crippen LogP contribution in [0.1, 0.15) is 21.5 Å². The Hall–Kier alpha value is -3.23. The quantitative estimate of drug-likeness (QED) is 0.349. The highest BCUT2D eigenvalue weighted by atomic mass is 35.5. The lowest BCUT2D eigenvalue weighted by molar-refractivity contribution is -0.384. The third kappa shape index (κ3) is 4.44. The molecular weight excluding hydrogens is 416 g/mol. The lowest BCUT2D eigenvalue weighted by atomic mass is 10.0. The van der Waals surface area contributed by atoms with E-state index in [0.717, 1.165) is 17.7 Å². The van der Waals surface area contributed by atoms with Crippen molar-refractivity contribution in [2.75, 3.05) is 4.72 Å². The van der Waals surface area contributed by atoms with Crippen LogP contribution in [0.15, 0.2) is 71.6 Å². The first kappa shape index (κ1) is 20.5. The van der Waals surface area contributed by atoms with Gasteiger partial charge in [0.1, 0.15) is 0 Å². The predicted molar refractivity (Wildman–Crippen MR) is 110 cm³/mol. The smallest absolute Gasteiger partial charge is 0.270 e. The van der Waals surface area contributed by atoms with Crippen LogP contribution < -0.4 is 4.72 Å². The summed E-state index contributed by atoms with van der Waals surface area (Å²) in [6, 6.07) is 15.7. The number of hydrogen-bond acceptors (Lipinski definition) is 5. The number of ketones is 1. The Bertz CT molecular complexity index is 1210. The summed E-state index contributed by atoms with van der Waals surface area (Å²) in [5.74, 6) is -0.638. The summed E-state index contributed by atoms with van der Waals surface area (Å²) in [6.07, 6.45) is 0.